The third-order valence-electron chi connectivity index (χ3n) is 4.54. The highest BCUT2D eigenvalue weighted by molar-refractivity contribution is 5.91. The number of nitrogens with one attached hydrogen (secondary N) is 1. The SMILES string of the molecule is Nc1ncc(C=CC(=O)NC2CCN(CC3CCCO3)CC2)cn1. The van der Waals surface area contributed by atoms with E-state index < -0.39 is 0 Å². The van der Waals surface area contributed by atoms with Crippen LogP contribution in [0.5, 0.6) is 0 Å². The monoisotopic (exact) mass is 331 g/mol. The van der Waals surface area contributed by atoms with E-state index in [0.717, 1.165) is 44.6 Å². The van der Waals surface area contributed by atoms with Gasteiger partial charge in [-0.05, 0) is 31.8 Å². The number of anilines is 1. The number of piperidine rings is 1. The lowest BCUT2D eigenvalue weighted by atomic mass is 10.0. The summed E-state index contributed by atoms with van der Waals surface area (Å²) in [4.78, 5) is 22.2. The average molecular weight is 331 g/mol. The van der Waals surface area contributed by atoms with Crippen LogP contribution in [0.25, 0.3) is 6.08 Å². The smallest absolute Gasteiger partial charge is 0.244 e. The van der Waals surface area contributed by atoms with E-state index in [1.165, 1.54) is 18.9 Å². The summed E-state index contributed by atoms with van der Waals surface area (Å²) < 4.78 is 5.69. The Kier molecular flexibility index (Phi) is 5.77. The van der Waals surface area contributed by atoms with Crippen LogP contribution in [0.4, 0.5) is 5.95 Å². The Morgan fingerprint density at radius 1 is 1.33 bits per heavy atom. The van der Waals surface area contributed by atoms with E-state index in [9.17, 15) is 4.79 Å². The van der Waals surface area contributed by atoms with Gasteiger partial charge in [-0.1, -0.05) is 0 Å². The second-order valence-electron chi connectivity index (χ2n) is 6.43. The first-order valence-electron chi connectivity index (χ1n) is 8.59. The summed E-state index contributed by atoms with van der Waals surface area (Å²) >= 11 is 0. The number of nitrogens with two attached hydrogens (primary N) is 1. The van der Waals surface area contributed by atoms with Crippen LogP contribution in [0.1, 0.15) is 31.2 Å². The van der Waals surface area contributed by atoms with Gasteiger partial charge in [0.15, 0.2) is 0 Å². The predicted molar refractivity (Wildman–Crippen MR) is 92.1 cm³/mol. The lowest BCUT2D eigenvalue weighted by Gasteiger charge is -2.33. The van der Waals surface area contributed by atoms with Gasteiger partial charge < -0.3 is 20.7 Å². The highest BCUT2D eigenvalue weighted by atomic mass is 16.5. The highest BCUT2D eigenvalue weighted by Gasteiger charge is 2.24. The van der Waals surface area contributed by atoms with E-state index in [1.807, 2.05) is 0 Å². The van der Waals surface area contributed by atoms with E-state index >= 15 is 0 Å². The molecule has 0 aromatic carbocycles. The second kappa shape index (κ2) is 8.21. The van der Waals surface area contributed by atoms with Crippen molar-refractivity contribution in [1.82, 2.24) is 20.2 Å². The standard InChI is InChI=1S/C17H25N5O2/c18-17-19-10-13(11-20-17)3-4-16(23)21-14-5-7-22(8-6-14)12-15-2-1-9-24-15/h3-4,10-11,14-15H,1-2,5-9,12H2,(H,21,23)(H2,18,19,20). The molecule has 0 spiro atoms. The van der Waals surface area contributed by atoms with Crippen molar-refractivity contribution in [2.24, 2.45) is 0 Å². The minimum atomic E-state index is -0.0793. The summed E-state index contributed by atoms with van der Waals surface area (Å²) in [7, 11) is 0. The van der Waals surface area contributed by atoms with Gasteiger partial charge in [0.1, 0.15) is 0 Å². The molecule has 2 aliphatic rings. The second-order valence-corrected chi connectivity index (χ2v) is 6.43. The van der Waals surface area contributed by atoms with Crippen LogP contribution in [0.15, 0.2) is 18.5 Å². The fourth-order valence-corrected chi connectivity index (χ4v) is 3.19. The number of amides is 1. The van der Waals surface area contributed by atoms with Crippen molar-refractivity contribution < 1.29 is 9.53 Å². The molecular weight excluding hydrogens is 306 g/mol. The molecule has 130 valence electrons. The largest absolute Gasteiger partial charge is 0.377 e. The Morgan fingerprint density at radius 3 is 2.75 bits per heavy atom. The molecule has 24 heavy (non-hydrogen) atoms. The van der Waals surface area contributed by atoms with Crippen molar-refractivity contribution in [2.75, 3.05) is 32.0 Å². The lowest BCUT2D eigenvalue weighted by Crippen LogP contribution is -2.46. The van der Waals surface area contributed by atoms with Gasteiger partial charge in [0, 0.05) is 56.3 Å². The Hall–Kier alpha value is -1.99. The summed E-state index contributed by atoms with van der Waals surface area (Å²) in [5.41, 5.74) is 6.19. The maximum Gasteiger partial charge on any atom is 0.244 e. The van der Waals surface area contributed by atoms with Gasteiger partial charge in [0.25, 0.3) is 0 Å². The third kappa shape index (κ3) is 5.01. The molecule has 3 heterocycles. The van der Waals surface area contributed by atoms with Crippen molar-refractivity contribution in [3.63, 3.8) is 0 Å². The van der Waals surface area contributed by atoms with E-state index in [1.54, 1.807) is 18.5 Å². The fourth-order valence-electron chi connectivity index (χ4n) is 3.19. The molecule has 1 aromatic rings. The average Bonchev–Trinajstić information content (AvgIpc) is 3.09. The van der Waals surface area contributed by atoms with E-state index in [0.29, 0.717) is 6.10 Å². The van der Waals surface area contributed by atoms with Crippen molar-refractivity contribution >= 4 is 17.9 Å². The van der Waals surface area contributed by atoms with Gasteiger partial charge in [0.2, 0.25) is 11.9 Å². The molecular formula is C17H25N5O2. The zero-order valence-electron chi connectivity index (χ0n) is 13.9. The van der Waals surface area contributed by atoms with E-state index in [4.69, 9.17) is 10.5 Å². The zero-order chi connectivity index (χ0) is 16.8. The number of hydrogen-bond acceptors (Lipinski definition) is 6. The number of aromatic nitrogens is 2. The normalized spacial score (nSPS) is 22.9. The number of likely N-dealkylation sites (tertiary alicyclic amines) is 1. The summed E-state index contributed by atoms with van der Waals surface area (Å²) in [6.45, 7) is 3.96. The van der Waals surface area contributed by atoms with E-state index in [-0.39, 0.29) is 17.9 Å². The predicted octanol–water partition coefficient (Wildman–Crippen LogP) is 0.832. The Morgan fingerprint density at radius 2 is 2.08 bits per heavy atom. The number of carbonyl (C=O) groups is 1. The molecule has 3 N–H and O–H groups in total. The molecule has 2 fully saturated rings. The molecule has 0 aliphatic carbocycles. The van der Waals surface area contributed by atoms with Gasteiger partial charge >= 0.3 is 0 Å². The first-order chi connectivity index (χ1) is 11.7. The fraction of sp³-hybridized carbons (Fsp3) is 0.588. The summed E-state index contributed by atoms with van der Waals surface area (Å²) in [5, 5.41) is 3.07. The van der Waals surface area contributed by atoms with Gasteiger partial charge in [-0.25, -0.2) is 9.97 Å². The Balaban J connectivity index is 1.38. The van der Waals surface area contributed by atoms with Gasteiger partial charge in [-0.2, -0.15) is 0 Å². The summed E-state index contributed by atoms with van der Waals surface area (Å²) in [6.07, 6.45) is 11.1. The quantitative estimate of drug-likeness (QED) is 0.776. The first-order valence-corrected chi connectivity index (χ1v) is 8.59. The number of nitrogen functional groups attached to an aromatic ring is 1. The molecule has 1 unspecified atom stereocenters. The van der Waals surface area contributed by atoms with Gasteiger partial charge in [0.05, 0.1) is 6.10 Å². The van der Waals surface area contributed by atoms with Crippen LogP contribution in [-0.2, 0) is 9.53 Å². The molecule has 7 nitrogen and oxygen atoms in total. The number of ether oxygens (including phenoxy) is 1. The van der Waals surface area contributed by atoms with Crippen LogP contribution in [0.2, 0.25) is 0 Å². The van der Waals surface area contributed by atoms with Crippen molar-refractivity contribution in [3.8, 4) is 0 Å². The molecule has 2 aliphatic heterocycles. The number of rotatable bonds is 5. The molecule has 0 radical (unpaired) electrons. The molecule has 1 amide bonds. The molecule has 3 rings (SSSR count). The molecule has 7 heteroatoms. The van der Waals surface area contributed by atoms with E-state index in [2.05, 4.69) is 20.2 Å². The van der Waals surface area contributed by atoms with Gasteiger partial charge in [-0.15, -0.1) is 0 Å². The molecule has 1 aromatic heterocycles. The molecule has 2 saturated heterocycles. The minimum absolute atomic E-state index is 0.0793. The third-order valence-corrected chi connectivity index (χ3v) is 4.54. The Labute approximate surface area is 142 Å². The topological polar surface area (TPSA) is 93.4 Å². The number of hydrogen-bond donors (Lipinski definition) is 2. The number of carbonyl (C=O) groups excluding carboxylic acids is 1. The van der Waals surface area contributed by atoms with Crippen LogP contribution < -0.4 is 11.1 Å². The summed E-state index contributed by atoms with van der Waals surface area (Å²) in [5.74, 6) is 0.149. The van der Waals surface area contributed by atoms with Gasteiger partial charge in [-0.3, -0.25) is 4.79 Å². The Bertz CT molecular complexity index is 561. The molecule has 0 saturated carbocycles. The lowest BCUT2D eigenvalue weighted by molar-refractivity contribution is -0.117. The molecule has 1 atom stereocenters. The number of nitrogens with zero attached hydrogens (tertiary/aromatic N) is 3. The first kappa shape index (κ1) is 16.9. The summed E-state index contributed by atoms with van der Waals surface area (Å²) in [6, 6.07) is 0.241. The van der Waals surface area contributed by atoms with Crippen LogP contribution >= 0.6 is 0 Å². The van der Waals surface area contributed by atoms with Crippen LogP contribution in [0.3, 0.4) is 0 Å². The zero-order valence-corrected chi connectivity index (χ0v) is 13.9. The maximum atomic E-state index is 12.0. The van der Waals surface area contributed by atoms with Crippen molar-refractivity contribution in [3.05, 3.63) is 24.0 Å². The van der Waals surface area contributed by atoms with Crippen LogP contribution in [0, 0.1) is 0 Å². The van der Waals surface area contributed by atoms with Crippen LogP contribution in [-0.4, -0.2) is 59.2 Å². The highest BCUT2D eigenvalue weighted by Crippen LogP contribution is 2.17. The van der Waals surface area contributed by atoms with Crippen molar-refractivity contribution in [2.45, 2.75) is 37.8 Å². The minimum Gasteiger partial charge on any atom is -0.377 e. The molecule has 0 bridgehead atoms. The maximum absolute atomic E-state index is 12.0. The van der Waals surface area contributed by atoms with Crippen molar-refractivity contribution in [1.29, 1.82) is 0 Å².